The van der Waals surface area contributed by atoms with Gasteiger partial charge in [0.25, 0.3) is 0 Å². The van der Waals surface area contributed by atoms with E-state index in [1.165, 1.54) is 12.1 Å². The quantitative estimate of drug-likeness (QED) is 0.798. The van der Waals surface area contributed by atoms with E-state index in [1.807, 2.05) is 0 Å². The number of anilines is 1. The van der Waals surface area contributed by atoms with Crippen molar-refractivity contribution in [2.45, 2.75) is 44.3 Å². The molecular formula is C17H23F3N2O2. The van der Waals surface area contributed by atoms with E-state index in [4.69, 9.17) is 5.11 Å². The van der Waals surface area contributed by atoms with Gasteiger partial charge in [-0.25, -0.2) is 0 Å². The summed E-state index contributed by atoms with van der Waals surface area (Å²) < 4.78 is 38.0. The fourth-order valence-corrected chi connectivity index (χ4v) is 3.09. The minimum atomic E-state index is -4.42. The van der Waals surface area contributed by atoms with Crippen molar-refractivity contribution in [1.29, 1.82) is 0 Å². The lowest BCUT2D eigenvalue weighted by Gasteiger charge is -2.23. The number of aliphatic hydroxyl groups is 1. The number of hydrogen-bond donors (Lipinski definition) is 2. The van der Waals surface area contributed by atoms with Crippen molar-refractivity contribution in [3.8, 4) is 0 Å². The Morgan fingerprint density at radius 3 is 2.88 bits per heavy atom. The average Bonchev–Trinajstić information content (AvgIpc) is 2.98. The number of carbonyl (C=O) groups is 1. The molecule has 2 rings (SSSR count). The third-order valence-corrected chi connectivity index (χ3v) is 4.29. The van der Waals surface area contributed by atoms with Crippen LogP contribution in [0.25, 0.3) is 0 Å². The zero-order chi connectivity index (χ0) is 17.6. The largest absolute Gasteiger partial charge is 0.416 e. The first-order valence-corrected chi connectivity index (χ1v) is 8.22. The second-order valence-corrected chi connectivity index (χ2v) is 6.07. The van der Waals surface area contributed by atoms with Gasteiger partial charge in [0.1, 0.15) is 0 Å². The third kappa shape index (κ3) is 5.49. The van der Waals surface area contributed by atoms with Crippen molar-refractivity contribution in [1.82, 2.24) is 4.90 Å². The minimum absolute atomic E-state index is 0.160. The highest BCUT2D eigenvalue weighted by Crippen LogP contribution is 2.30. The highest BCUT2D eigenvalue weighted by Gasteiger charge is 2.30. The predicted octanol–water partition coefficient (Wildman–Crippen LogP) is 3.27. The molecule has 1 heterocycles. The molecule has 1 unspecified atom stereocenters. The van der Waals surface area contributed by atoms with Gasteiger partial charge in [0.15, 0.2) is 0 Å². The van der Waals surface area contributed by atoms with Gasteiger partial charge in [-0.2, -0.15) is 13.2 Å². The minimum Gasteiger partial charge on any atom is -0.396 e. The van der Waals surface area contributed by atoms with Crippen LogP contribution in [-0.4, -0.2) is 41.7 Å². The lowest BCUT2D eigenvalue weighted by atomic mass is 10.1. The maximum absolute atomic E-state index is 12.7. The van der Waals surface area contributed by atoms with Crippen LogP contribution in [-0.2, 0) is 11.0 Å². The number of nitrogens with one attached hydrogen (secondary N) is 1. The van der Waals surface area contributed by atoms with E-state index in [2.05, 4.69) is 10.2 Å². The normalized spacial score (nSPS) is 18.8. The van der Waals surface area contributed by atoms with Crippen LogP contribution in [0.5, 0.6) is 0 Å². The number of halogens is 3. The second kappa shape index (κ2) is 8.48. The maximum Gasteiger partial charge on any atom is 0.416 e. The zero-order valence-electron chi connectivity index (χ0n) is 13.5. The average molecular weight is 344 g/mol. The van der Waals surface area contributed by atoms with Gasteiger partial charge in [-0.1, -0.05) is 6.07 Å². The summed E-state index contributed by atoms with van der Waals surface area (Å²) >= 11 is 0. The molecule has 0 bridgehead atoms. The Hall–Kier alpha value is -1.60. The molecule has 24 heavy (non-hydrogen) atoms. The number of rotatable bonds is 7. The van der Waals surface area contributed by atoms with Crippen molar-refractivity contribution in [3.05, 3.63) is 29.8 Å². The Morgan fingerprint density at radius 1 is 1.38 bits per heavy atom. The molecule has 1 fully saturated rings. The molecular weight excluding hydrogens is 321 g/mol. The van der Waals surface area contributed by atoms with E-state index in [0.717, 1.165) is 44.4 Å². The predicted molar refractivity (Wildman–Crippen MR) is 85.6 cm³/mol. The van der Waals surface area contributed by atoms with Crippen LogP contribution in [0.3, 0.4) is 0 Å². The van der Waals surface area contributed by atoms with Gasteiger partial charge in [-0.15, -0.1) is 0 Å². The van der Waals surface area contributed by atoms with Gasteiger partial charge in [0, 0.05) is 31.3 Å². The van der Waals surface area contributed by atoms with Gasteiger partial charge in [0.05, 0.1) is 5.56 Å². The molecule has 1 aromatic carbocycles. The van der Waals surface area contributed by atoms with Crippen LogP contribution in [0.15, 0.2) is 24.3 Å². The van der Waals surface area contributed by atoms with Crippen LogP contribution in [0.1, 0.15) is 37.7 Å². The maximum atomic E-state index is 12.7. The van der Waals surface area contributed by atoms with Crippen LogP contribution < -0.4 is 5.32 Å². The number of likely N-dealkylation sites (tertiary alicyclic amines) is 1. The summed E-state index contributed by atoms with van der Waals surface area (Å²) in [5.74, 6) is -0.290. The molecule has 0 aromatic heterocycles. The van der Waals surface area contributed by atoms with Gasteiger partial charge >= 0.3 is 6.18 Å². The van der Waals surface area contributed by atoms with Crippen LogP contribution in [0.2, 0.25) is 0 Å². The first-order valence-electron chi connectivity index (χ1n) is 8.22. The van der Waals surface area contributed by atoms with Crippen molar-refractivity contribution in [2.24, 2.45) is 0 Å². The van der Waals surface area contributed by atoms with Crippen molar-refractivity contribution >= 4 is 11.6 Å². The molecule has 1 aliphatic rings. The van der Waals surface area contributed by atoms with Gasteiger partial charge < -0.3 is 10.4 Å². The van der Waals surface area contributed by atoms with Crippen LogP contribution in [0.4, 0.5) is 18.9 Å². The molecule has 1 atom stereocenters. The van der Waals surface area contributed by atoms with E-state index in [0.29, 0.717) is 12.6 Å². The van der Waals surface area contributed by atoms with Gasteiger partial charge in [0.2, 0.25) is 5.91 Å². The third-order valence-electron chi connectivity index (χ3n) is 4.29. The summed E-state index contributed by atoms with van der Waals surface area (Å²) in [7, 11) is 0. The SMILES string of the molecule is O=C(CCN1CCCC1CCCO)Nc1cccc(C(F)(F)F)c1. The number of carbonyl (C=O) groups excluding carboxylic acids is 1. The molecule has 1 aromatic rings. The van der Waals surface area contributed by atoms with Crippen LogP contribution >= 0.6 is 0 Å². The monoisotopic (exact) mass is 344 g/mol. The molecule has 4 nitrogen and oxygen atoms in total. The Balaban J connectivity index is 1.83. The molecule has 7 heteroatoms. The smallest absolute Gasteiger partial charge is 0.396 e. The molecule has 134 valence electrons. The number of benzene rings is 1. The summed E-state index contributed by atoms with van der Waals surface area (Å²) in [5, 5.41) is 11.4. The Bertz CT molecular complexity index is 549. The molecule has 0 spiro atoms. The fraction of sp³-hybridized carbons (Fsp3) is 0.588. The lowest BCUT2D eigenvalue weighted by molar-refractivity contribution is -0.137. The number of hydrogen-bond acceptors (Lipinski definition) is 3. The van der Waals surface area contributed by atoms with Crippen molar-refractivity contribution < 1.29 is 23.1 Å². The molecule has 1 saturated heterocycles. The topological polar surface area (TPSA) is 52.6 Å². The summed E-state index contributed by atoms with van der Waals surface area (Å²) in [4.78, 5) is 14.2. The Morgan fingerprint density at radius 2 is 2.17 bits per heavy atom. The molecule has 0 radical (unpaired) electrons. The molecule has 2 N–H and O–H groups in total. The van der Waals surface area contributed by atoms with E-state index in [-0.39, 0.29) is 24.6 Å². The van der Waals surface area contributed by atoms with E-state index in [1.54, 1.807) is 0 Å². The molecule has 1 amide bonds. The molecule has 0 aliphatic carbocycles. The summed E-state index contributed by atoms with van der Waals surface area (Å²) in [6, 6.07) is 5.04. The van der Waals surface area contributed by atoms with Gasteiger partial charge in [-0.05, 0) is 50.4 Å². The highest BCUT2D eigenvalue weighted by molar-refractivity contribution is 5.90. The number of amides is 1. The van der Waals surface area contributed by atoms with Gasteiger partial charge in [-0.3, -0.25) is 9.69 Å². The fourth-order valence-electron chi connectivity index (χ4n) is 3.09. The first kappa shape index (κ1) is 18.7. The molecule has 1 aliphatic heterocycles. The summed E-state index contributed by atoms with van der Waals surface area (Å²) in [5.41, 5.74) is -0.614. The number of nitrogens with zero attached hydrogens (tertiary/aromatic N) is 1. The Kier molecular flexibility index (Phi) is 6.62. The van der Waals surface area contributed by atoms with Crippen LogP contribution in [0, 0.1) is 0 Å². The van der Waals surface area contributed by atoms with Crippen molar-refractivity contribution in [3.63, 3.8) is 0 Å². The zero-order valence-corrected chi connectivity index (χ0v) is 13.5. The number of aliphatic hydroxyl groups excluding tert-OH is 1. The summed E-state index contributed by atoms with van der Waals surface area (Å²) in [6.07, 6.45) is -0.383. The lowest BCUT2D eigenvalue weighted by Crippen LogP contribution is -2.32. The summed E-state index contributed by atoms with van der Waals surface area (Å²) in [6.45, 7) is 1.67. The highest BCUT2D eigenvalue weighted by atomic mass is 19.4. The standard InChI is InChI=1S/C17H23F3N2O2/c18-17(19,20)13-4-1-5-14(12-13)21-16(24)8-10-22-9-2-6-15(22)7-3-11-23/h1,4-5,12,15,23H,2-3,6-11H2,(H,21,24). The second-order valence-electron chi connectivity index (χ2n) is 6.07. The number of alkyl halides is 3. The van der Waals surface area contributed by atoms with E-state index < -0.39 is 11.7 Å². The molecule has 0 saturated carbocycles. The first-order chi connectivity index (χ1) is 11.4. The van der Waals surface area contributed by atoms with E-state index in [9.17, 15) is 18.0 Å². The Labute approximate surface area is 139 Å². The van der Waals surface area contributed by atoms with E-state index >= 15 is 0 Å². The van der Waals surface area contributed by atoms with Crippen molar-refractivity contribution in [2.75, 3.05) is 25.0 Å².